The van der Waals surface area contributed by atoms with E-state index in [9.17, 15) is 0 Å². The molecule has 0 heterocycles. The molecule has 0 aliphatic rings. The summed E-state index contributed by atoms with van der Waals surface area (Å²) in [6, 6.07) is 0. The van der Waals surface area contributed by atoms with Gasteiger partial charge in [0.1, 0.15) is 0 Å². The van der Waals surface area contributed by atoms with E-state index < -0.39 is 0 Å². The molecule has 0 radical (unpaired) electrons. The Hall–Kier alpha value is -0.590. The smallest absolute Gasteiger partial charge is 0.364 e. The van der Waals surface area contributed by atoms with Crippen molar-refractivity contribution in [2.24, 2.45) is 0 Å². The summed E-state index contributed by atoms with van der Waals surface area (Å²) in [5, 5.41) is 0. The minimum Gasteiger partial charge on any atom is -0.571 e. The van der Waals surface area contributed by atoms with Crippen LogP contribution >= 0.6 is 0 Å². The molecule has 3 heteroatoms. The molecule has 7 heavy (non-hydrogen) atoms. The van der Waals surface area contributed by atoms with Crippen molar-refractivity contribution in [3.63, 3.8) is 0 Å². The molecule has 0 saturated carbocycles. The van der Waals surface area contributed by atoms with E-state index in [1.54, 1.807) is 5.98 Å². The third-order valence-corrected chi connectivity index (χ3v) is 0.448. The Morgan fingerprint density at radius 2 is 2.43 bits per heavy atom. The lowest BCUT2D eigenvalue weighted by Gasteiger charge is -1.96. The number of rotatable bonds is 3. The molecule has 0 rings (SSSR count). The minimum atomic E-state index is 0.565. The van der Waals surface area contributed by atoms with Gasteiger partial charge in [-0.25, -0.2) is 0 Å². The maximum atomic E-state index is 4.88. The maximum absolute atomic E-state index is 4.88. The quantitative estimate of drug-likeness (QED) is 0.341. The molecule has 0 aromatic carbocycles. The Morgan fingerprint density at radius 1 is 1.86 bits per heavy atom. The van der Waals surface area contributed by atoms with Crippen molar-refractivity contribution >= 4 is 15.3 Å². The molecule has 0 saturated heterocycles. The Kier molecular flexibility index (Phi) is 3.29. The fraction of sp³-hybridized carbons (Fsp3) is 0. The highest BCUT2D eigenvalue weighted by Gasteiger charge is 1.80. The molecule has 0 aliphatic heterocycles. The van der Waals surface area contributed by atoms with Gasteiger partial charge in [0.15, 0.2) is 7.85 Å². The van der Waals surface area contributed by atoms with Crippen LogP contribution in [0.3, 0.4) is 0 Å². The zero-order chi connectivity index (χ0) is 5.70. The molecule has 0 amide bonds. The molecule has 0 unspecified atom stereocenters. The normalized spacial score (nSPS) is 6.86. The van der Waals surface area contributed by atoms with Crippen molar-refractivity contribution in [3.05, 3.63) is 24.8 Å². The van der Waals surface area contributed by atoms with Crippen molar-refractivity contribution in [3.8, 4) is 0 Å². The van der Waals surface area contributed by atoms with Crippen LogP contribution in [0.4, 0.5) is 0 Å². The lowest BCUT2D eigenvalue weighted by atomic mass is 10.0. The first kappa shape index (κ1) is 6.41. The van der Waals surface area contributed by atoms with E-state index in [0.717, 1.165) is 5.66 Å². The second-order valence-corrected chi connectivity index (χ2v) is 1.30. The number of hydrogen-bond donors (Lipinski definition) is 0. The molecule has 0 aromatic rings. The Balaban J connectivity index is 2.97. The van der Waals surface area contributed by atoms with Gasteiger partial charge in [0.2, 0.25) is 0 Å². The zero-order valence-electron chi connectivity index (χ0n) is 4.61. The van der Waals surface area contributed by atoms with Crippen molar-refractivity contribution in [2.45, 2.75) is 0 Å². The van der Waals surface area contributed by atoms with Crippen LogP contribution in [0.2, 0.25) is 0 Å². The summed E-state index contributed by atoms with van der Waals surface area (Å²) in [4.78, 5) is 0. The van der Waals surface area contributed by atoms with Gasteiger partial charge < -0.3 is 4.65 Å². The van der Waals surface area contributed by atoms with Crippen LogP contribution < -0.4 is 0 Å². The average molecular weight is 93.7 g/mol. The van der Waals surface area contributed by atoms with Gasteiger partial charge in [-0.05, 0) is 0 Å². The predicted molar refractivity (Wildman–Crippen MR) is 36.1 cm³/mol. The molecule has 0 fully saturated rings. The maximum Gasteiger partial charge on any atom is 0.364 e. The summed E-state index contributed by atoms with van der Waals surface area (Å²) in [6.07, 6.45) is 0. The minimum absolute atomic E-state index is 0.565. The SMILES string of the molecule is BC(=C)OBC=C. The van der Waals surface area contributed by atoms with Crippen molar-refractivity contribution < 1.29 is 4.65 Å². The Morgan fingerprint density at radius 3 is 2.57 bits per heavy atom. The highest BCUT2D eigenvalue weighted by atomic mass is 16.4. The van der Waals surface area contributed by atoms with E-state index in [2.05, 4.69) is 13.2 Å². The van der Waals surface area contributed by atoms with Gasteiger partial charge in [-0.2, -0.15) is 0 Å². The van der Waals surface area contributed by atoms with Gasteiger partial charge in [0.05, 0.1) is 0 Å². The summed E-state index contributed by atoms with van der Waals surface area (Å²) >= 11 is 0. The highest BCUT2D eigenvalue weighted by molar-refractivity contribution is 6.36. The summed E-state index contributed by atoms with van der Waals surface area (Å²) in [5.74, 6) is 1.69. The van der Waals surface area contributed by atoms with Crippen LogP contribution in [0.15, 0.2) is 24.8 Å². The molecule has 0 spiro atoms. The van der Waals surface area contributed by atoms with Gasteiger partial charge in [-0.1, -0.05) is 12.6 Å². The van der Waals surface area contributed by atoms with Gasteiger partial charge in [-0.3, -0.25) is 0 Å². The van der Waals surface area contributed by atoms with Crippen LogP contribution in [0.25, 0.3) is 0 Å². The third kappa shape index (κ3) is 5.41. The second kappa shape index (κ2) is 3.59. The first-order chi connectivity index (χ1) is 3.27. The fourth-order valence-corrected chi connectivity index (χ4v) is 0.201. The summed E-state index contributed by atoms with van der Waals surface area (Å²) in [6.45, 7) is 6.99. The Bertz CT molecular complexity index is 79.8. The lowest BCUT2D eigenvalue weighted by molar-refractivity contribution is 0.504. The van der Waals surface area contributed by atoms with Gasteiger partial charge in [0.25, 0.3) is 0 Å². The van der Waals surface area contributed by atoms with E-state index in [4.69, 9.17) is 4.65 Å². The molecule has 0 aromatic heterocycles. The van der Waals surface area contributed by atoms with Crippen LogP contribution in [-0.2, 0) is 4.65 Å². The number of hydrogen-bond acceptors (Lipinski definition) is 1. The third-order valence-electron chi connectivity index (χ3n) is 0.448. The van der Waals surface area contributed by atoms with Crippen LogP contribution in [0.1, 0.15) is 0 Å². The molecule has 1 nitrogen and oxygen atoms in total. The Labute approximate surface area is 45.7 Å². The van der Waals surface area contributed by atoms with E-state index in [0.29, 0.717) is 7.48 Å². The van der Waals surface area contributed by atoms with Gasteiger partial charge in [0, 0.05) is 5.66 Å². The largest absolute Gasteiger partial charge is 0.571 e. The molecule has 0 N–H and O–H groups in total. The van der Waals surface area contributed by atoms with Crippen molar-refractivity contribution in [2.75, 3.05) is 0 Å². The first-order valence-corrected chi connectivity index (χ1v) is 2.16. The van der Waals surface area contributed by atoms with Gasteiger partial charge in [-0.15, -0.1) is 6.58 Å². The lowest BCUT2D eigenvalue weighted by Crippen LogP contribution is -1.92. The molecule has 36 valence electrons. The van der Waals surface area contributed by atoms with Crippen LogP contribution in [0.5, 0.6) is 0 Å². The predicted octanol–water partition coefficient (Wildman–Crippen LogP) is -0.398. The molecular formula is C4H8B2O. The monoisotopic (exact) mass is 94.1 g/mol. The second-order valence-electron chi connectivity index (χ2n) is 1.30. The van der Waals surface area contributed by atoms with E-state index >= 15 is 0 Å². The van der Waals surface area contributed by atoms with E-state index in [-0.39, 0.29) is 0 Å². The molecule has 0 aliphatic carbocycles. The highest BCUT2D eigenvalue weighted by Crippen LogP contribution is 1.79. The zero-order valence-corrected chi connectivity index (χ0v) is 4.61. The first-order valence-electron chi connectivity index (χ1n) is 2.16. The molecule has 0 bridgehead atoms. The van der Waals surface area contributed by atoms with Crippen LogP contribution in [-0.4, -0.2) is 15.3 Å². The summed E-state index contributed by atoms with van der Waals surface area (Å²) < 4.78 is 4.88. The molecule has 0 atom stereocenters. The average Bonchev–Trinajstić information content (AvgIpc) is 1.61. The fourth-order valence-electron chi connectivity index (χ4n) is 0.201. The van der Waals surface area contributed by atoms with Crippen molar-refractivity contribution in [1.82, 2.24) is 0 Å². The summed E-state index contributed by atoms with van der Waals surface area (Å²) in [7, 11) is 2.37. The standard InChI is InChI=1S/C4H8B2O/c1-3-6-7-4(2)5/h3,6H,1-2,5H2. The van der Waals surface area contributed by atoms with Crippen molar-refractivity contribution in [1.29, 1.82) is 0 Å². The van der Waals surface area contributed by atoms with E-state index in [1.807, 2.05) is 7.85 Å². The topological polar surface area (TPSA) is 9.23 Å². The van der Waals surface area contributed by atoms with Gasteiger partial charge >= 0.3 is 7.48 Å². The van der Waals surface area contributed by atoms with E-state index in [1.165, 1.54) is 0 Å². The molecular weight excluding hydrogens is 85.7 g/mol. The van der Waals surface area contributed by atoms with Crippen LogP contribution in [0, 0.1) is 0 Å². The summed E-state index contributed by atoms with van der Waals surface area (Å²) in [5.41, 5.74) is 0.736.